The van der Waals surface area contributed by atoms with Crippen LogP contribution in [0, 0.1) is 0 Å². The van der Waals surface area contributed by atoms with Gasteiger partial charge in [-0.25, -0.2) is 4.98 Å². The maximum absolute atomic E-state index is 12.8. The number of aromatic nitrogens is 1. The normalized spacial score (nSPS) is 11.8. The van der Waals surface area contributed by atoms with Gasteiger partial charge in [-0.2, -0.15) is 18.3 Å². The first-order valence-electron chi connectivity index (χ1n) is 5.54. The van der Waals surface area contributed by atoms with Crippen molar-refractivity contribution in [2.45, 2.75) is 6.18 Å². The molecule has 4 nitrogen and oxygen atoms in total. The molecule has 0 saturated heterocycles. The van der Waals surface area contributed by atoms with Crippen molar-refractivity contribution in [3.8, 4) is 11.6 Å². The highest BCUT2D eigenvalue weighted by atomic mass is 19.4. The van der Waals surface area contributed by atoms with Crippen LogP contribution in [0.25, 0.3) is 0 Å². The van der Waals surface area contributed by atoms with E-state index in [1.54, 1.807) is 12.1 Å². The summed E-state index contributed by atoms with van der Waals surface area (Å²) in [6.45, 7) is 0. The number of alkyl halides is 3. The van der Waals surface area contributed by atoms with Gasteiger partial charge in [0, 0.05) is 6.20 Å². The molecule has 0 spiro atoms. The third-order valence-corrected chi connectivity index (χ3v) is 2.39. The topological polar surface area (TPSA) is 60.5 Å². The Labute approximate surface area is 112 Å². The lowest BCUT2D eigenvalue weighted by molar-refractivity contribution is -0.138. The van der Waals surface area contributed by atoms with Gasteiger partial charge in [0.2, 0.25) is 5.88 Å². The average molecular weight is 281 g/mol. The quantitative estimate of drug-likeness (QED) is 0.534. The summed E-state index contributed by atoms with van der Waals surface area (Å²) in [6, 6.07) is 8.36. The van der Waals surface area contributed by atoms with E-state index in [0.717, 1.165) is 6.07 Å². The lowest BCUT2D eigenvalue weighted by atomic mass is 10.2. The maximum Gasteiger partial charge on any atom is 0.421 e. The lowest BCUT2D eigenvalue weighted by Gasteiger charge is -2.12. The number of hydrogen-bond donors (Lipinski definition) is 1. The molecule has 0 bridgehead atoms. The number of halogens is 3. The summed E-state index contributed by atoms with van der Waals surface area (Å²) in [7, 11) is 0. The molecule has 0 radical (unpaired) electrons. The summed E-state index contributed by atoms with van der Waals surface area (Å²) >= 11 is 0. The van der Waals surface area contributed by atoms with Crippen LogP contribution in [0.1, 0.15) is 11.1 Å². The highest BCUT2D eigenvalue weighted by molar-refractivity contribution is 5.79. The van der Waals surface area contributed by atoms with E-state index in [2.05, 4.69) is 10.1 Å². The maximum atomic E-state index is 12.8. The highest BCUT2D eigenvalue weighted by Crippen LogP contribution is 2.36. The fraction of sp³-hybridized carbons (Fsp3) is 0.0769. The molecule has 1 heterocycles. The molecule has 0 atom stereocenters. The van der Waals surface area contributed by atoms with Gasteiger partial charge in [0.05, 0.1) is 6.21 Å². The number of hydrazone groups is 1. The molecule has 0 saturated carbocycles. The number of benzene rings is 1. The van der Waals surface area contributed by atoms with Crippen LogP contribution in [0.4, 0.5) is 13.2 Å². The Balaban J connectivity index is 2.26. The van der Waals surface area contributed by atoms with Gasteiger partial charge < -0.3 is 10.6 Å². The van der Waals surface area contributed by atoms with Gasteiger partial charge in [-0.3, -0.25) is 0 Å². The van der Waals surface area contributed by atoms with Gasteiger partial charge in [0.1, 0.15) is 11.3 Å². The minimum Gasteiger partial charge on any atom is -0.438 e. The van der Waals surface area contributed by atoms with E-state index in [4.69, 9.17) is 10.6 Å². The Morgan fingerprint density at radius 2 is 1.85 bits per heavy atom. The lowest BCUT2D eigenvalue weighted by Crippen LogP contribution is -2.08. The molecule has 2 aromatic rings. The molecule has 20 heavy (non-hydrogen) atoms. The number of nitrogens with two attached hydrogens (primary N) is 1. The zero-order valence-electron chi connectivity index (χ0n) is 10.1. The van der Waals surface area contributed by atoms with Crippen LogP contribution in [0.5, 0.6) is 11.6 Å². The molecule has 0 unspecified atom stereocenters. The molecule has 0 aliphatic heterocycles. The van der Waals surface area contributed by atoms with Gasteiger partial charge in [-0.05, 0) is 42.0 Å². The SMILES string of the molecule is NN=Cc1ccc(Oc2ncccc2C(F)(F)F)cc1. The minimum atomic E-state index is -4.52. The molecule has 0 aliphatic carbocycles. The summed E-state index contributed by atoms with van der Waals surface area (Å²) in [4.78, 5) is 3.61. The zero-order valence-corrected chi connectivity index (χ0v) is 10.1. The summed E-state index contributed by atoms with van der Waals surface area (Å²) < 4.78 is 43.5. The first-order chi connectivity index (χ1) is 9.50. The molecule has 1 aromatic carbocycles. The van der Waals surface area contributed by atoms with Crippen molar-refractivity contribution in [2.24, 2.45) is 10.9 Å². The van der Waals surface area contributed by atoms with Crippen LogP contribution in [0.3, 0.4) is 0 Å². The first-order valence-corrected chi connectivity index (χ1v) is 5.54. The molecule has 0 aliphatic rings. The standard InChI is InChI=1S/C13H10F3N3O/c14-13(15,16)11-2-1-7-18-12(11)20-10-5-3-9(4-6-10)8-19-17/h1-8H,17H2. The molecular formula is C13H10F3N3O. The van der Waals surface area contributed by atoms with E-state index in [1.807, 2.05) is 0 Å². The number of hydrogen-bond acceptors (Lipinski definition) is 4. The van der Waals surface area contributed by atoms with E-state index >= 15 is 0 Å². The molecule has 2 N–H and O–H groups in total. The van der Waals surface area contributed by atoms with Crippen molar-refractivity contribution >= 4 is 6.21 Å². The highest BCUT2D eigenvalue weighted by Gasteiger charge is 2.35. The largest absolute Gasteiger partial charge is 0.438 e. The van der Waals surface area contributed by atoms with Crippen molar-refractivity contribution in [3.63, 3.8) is 0 Å². The predicted octanol–water partition coefficient (Wildman–Crippen LogP) is 3.19. The summed E-state index contributed by atoms with van der Waals surface area (Å²) in [5.74, 6) is 4.75. The second-order valence-electron chi connectivity index (χ2n) is 3.80. The van der Waals surface area contributed by atoms with Gasteiger partial charge in [0.15, 0.2) is 0 Å². The van der Waals surface area contributed by atoms with E-state index in [9.17, 15) is 13.2 Å². The van der Waals surface area contributed by atoms with E-state index < -0.39 is 17.6 Å². The van der Waals surface area contributed by atoms with Crippen molar-refractivity contribution in [3.05, 3.63) is 53.7 Å². The molecular weight excluding hydrogens is 271 g/mol. The first kappa shape index (κ1) is 13.9. The van der Waals surface area contributed by atoms with Crippen LogP contribution >= 0.6 is 0 Å². The smallest absolute Gasteiger partial charge is 0.421 e. The zero-order chi connectivity index (χ0) is 14.6. The number of ether oxygens (including phenoxy) is 1. The van der Waals surface area contributed by atoms with E-state index in [-0.39, 0.29) is 5.75 Å². The number of rotatable bonds is 3. The average Bonchev–Trinajstić information content (AvgIpc) is 2.41. The van der Waals surface area contributed by atoms with Crippen LogP contribution in [0.2, 0.25) is 0 Å². The third kappa shape index (κ3) is 3.25. The molecule has 1 aromatic heterocycles. The van der Waals surface area contributed by atoms with Crippen molar-refractivity contribution < 1.29 is 17.9 Å². The Hall–Kier alpha value is -2.57. The summed E-state index contributed by atoms with van der Waals surface area (Å²) in [5, 5.41) is 3.34. The van der Waals surface area contributed by atoms with Gasteiger partial charge >= 0.3 is 6.18 Å². The Morgan fingerprint density at radius 1 is 1.15 bits per heavy atom. The third-order valence-electron chi connectivity index (χ3n) is 2.39. The minimum absolute atomic E-state index is 0.239. The van der Waals surface area contributed by atoms with Crippen LogP contribution in [-0.2, 0) is 6.18 Å². The van der Waals surface area contributed by atoms with Crippen LogP contribution < -0.4 is 10.6 Å². The van der Waals surface area contributed by atoms with Gasteiger partial charge in [0.25, 0.3) is 0 Å². The molecule has 0 amide bonds. The van der Waals surface area contributed by atoms with Crippen molar-refractivity contribution in [1.82, 2.24) is 4.98 Å². The monoisotopic (exact) mass is 281 g/mol. The molecule has 0 fully saturated rings. The van der Waals surface area contributed by atoms with E-state index in [0.29, 0.717) is 5.56 Å². The van der Waals surface area contributed by atoms with Crippen LogP contribution in [-0.4, -0.2) is 11.2 Å². The van der Waals surface area contributed by atoms with Crippen molar-refractivity contribution in [1.29, 1.82) is 0 Å². The molecule has 7 heteroatoms. The number of nitrogens with zero attached hydrogens (tertiary/aromatic N) is 2. The van der Waals surface area contributed by atoms with Gasteiger partial charge in [-0.15, -0.1) is 0 Å². The van der Waals surface area contributed by atoms with E-state index in [1.165, 1.54) is 30.6 Å². The Morgan fingerprint density at radius 3 is 2.45 bits per heavy atom. The fourth-order valence-electron chi connectivity index (χ4n) is 1.51. The second kappa shape index (κ2) is 5.60. The Kier molecular flexibility index (Phi) is 3.88. The number of pyridine rings is 1. The molecule has 2 rings (SSSR count). The molecule has 104 valence electrons. The summed E-state index contributed by atoms with van der Waals surface area (Å²) in [5.41, 5.74) is -0.218. The second-order valence-corrected chi connectivity index (χ2v) is 3.80. The van der Waals surface area contributed by atoms with Crippen LogP contribution in [0.15, 0.2) is 47.7 Å². The summed E-state index contributed by atoms with van der Waals surface area (Å²) in [6.07, 6.45) is -1.87. The predicted molar refractivity (Wildman–Crippen MR) is 67.5 cm³/mol. The van der Waals surface area contributed by atoms with Gasteiger partial charge in [-0.1, -0.05) is 0 Å². The fourth-order valence-corrected chi connectivity index (χ4v) is 1.51. The Bertz CT molecular complexity index is 609. The van der Waals surface area contributed by atoms with Crippen molar-refractivity contribution in [2.75, 3.05) is 0 Å².